The first kappa shape index (κ1) is 19.5. The molecule has 5 rings (SSSR count). The molecule has 0 bridgehead atoms. The molecule has 3 atom stereocenters. The Balaban J connectivity index is 1.84. The predicted octanol–water partition coefficient (Wildman–Crippen LogP) is 4.14. The Labute approximate surface area is 181 Å². The van der Waals surface area contributed by atoms with Gasteiger partial charge in [0.1, 0.15) is 12.2 Å². The number of benzene rings is 1. The van der Waals surface area contributed by atoms with Gasteiger partial charge in [-0.2, -0.15) is 0 Å². The van der Waals surface area contributed by atoms with Gasteiger partial charge in [-0.25, -0.2) is 19.9 Å². The van der Waals surface area contributed by atoms with Crippen LogP contribution < -0.4 is 0 Å². The zero-order chi connectivity index (χ0) is 21.6. The van der Waals surface area contributed by atoms with Crippen LogP contribution in [0.15, 0.2) is 60.9 Å². The lowest BCUT2D eigenvalue weighted by atomic mass is 9.52. The number of carbonyl (C=O) groups excluding carboxylic acids is 1. The standard InChI is InChI=1S/C25H24N4O2/c1-15-21-9-8-20-22(18-11-26-14-27-12-18)28-16(2)29-24(20)25(21,10-17(13-30)23(15)31)19-6-4-3-5-7-19/h3-7,11-15,21,30H,8-10H2,1-2H3/b17-13-/t15-,21-,25+/m0/s1. The lowest BCUT2D eigenvalue weighted by Gasteiger charge is -2.51. The molecule has 0 radical (unpaired) electrons. The lowest BCUT2D eigenvalue weighted by molar-refractivity contribution is -0.123. The van der Waals surface area contributed by atoms with E-state index < -0.39 is 5.41 Å². The minimum absolute atomic E-state index is 0.0324. The number of fused-ring (bicyclic) bond motifs is 3. The van der Waals surface area contributed by atoms with Gasteiger partial charge in [0.15, 0.2) is 5.78 Å². The Morgan fingerprint density at radius 2 is 1.87 bits per heavy atom. The number of rotatable bonds is 2. The maximum Gasteiger partial charge on any atom is 0.165 e. The van der Waals surface area contributed by atoms with E-state index in [9.17, 15) is 9.90 Å². The molecule has 0 aliphatic heterocycles. The Kier molecular flexibility index (Phi) is 4.65. The summed E-state index contributed by atoms with van der Waals surface area (Å²) in [7, 11) is 0. The maximum absolute atomic E-state index is 13.0. The molecule has 2 aliphatic rings. The molecule has 1 aromatic carbocycles. The number of aliphatic hydroxyl groups excluding tert-OH is 1. The van der Waals surface area contributed by atoms with E-state index in [-0.39, 0.29) is 17.6 Å². The summed E-state index contributed by atoms with van der Waals surface area (Å²) >= 11 is 0. The number of aliphatic hydroxyl groups is 1. The first-order valence-electron chi connectivity index (χ1n) is 10.6. The van der Waals surface area contributed by atoms with E-state index in [0.717, 1.165) is 47.2 Å². The number of aromatic nitrogens is 4. The van der Waals surface area contributed by atoms with Crippen molar-refractivity contribution in [2.75, 3.05) is 0 Å². The van der Waals surface area contributed by atoms with Crippen LogP contribution in [0.2, 0.25) is 0 Å². The van der Waals surface area contributed by atoms with Crippen molar-refractivity contribution in [1.29, 1.82) is 0 Å². The molecule has 31 heavy (non-hydrogen) atoms. The van der Waals surface area contributed by atoms with Crippen LogP contribution in [0.1, 0.15) is 42.4 Å². The Bertz CT molecular complexity index is 1180. The summed E-state index contributed by atoms with van der Waals surface area (Å²) < 4.78 is 0. The summed E-state index contributed by atoms with van der Waals surface area (Å²) in [5.41, 5.74) is 4.84. The van der Waals surface area contributed by atoms with Crippen LogP contribution in [-0.2, 0) is 16.6 Å². The molecule has 0 amide bonds. The highest BCUT2D eigenvalue weighted by Crippen LogP contribution is 2.56. The third-order valence-corrected chi connectivity index (χ3v) is 6.96. The first-order valence-corrected chi connectivity index (χ1v) is 10.6. The molecule has 2 aromatic heterocycles. The highest BCUT2D eigenvalue weighted by Gasteiger charge is 2.55. The average Bonchev–Trinajstić information content (AvgIpc) is 2.81. The summed E-state index contributed by atoms with van der Waals surface area (Å²) in [6.07, 6.45) is 8.13. The van der Waals surface area contributed by atoms with Crippen LogP contribution >= 0.6 is 0 Å². The normalized spacial score (nSPS) is 26.4. The Morgan fingerprint density at radius 1 is 1.13 bits per heavy atom. The van der Waals surface area contributed by atoms with E-state index in [1.54, 1.807) is 12.4 Å². The average molecular weight is 412 g/mol. The predicted molar refractivity (Wildman–Crippen MR) is 116 cm³/mol. The van der Waals surface area contributed by atoms with Gasteiger partial charge in [-0.15, -0.1) is 0 Å². The van der Waals surface area contributed by atoms with Crippen molar-refractivity contribution >= 4 is 5.78 Å². The molecule has 156 valence electrons. The third kappa shape index (κ3) is 2.89. The van der Waals surface area contributed by atoms with Crippen molar-refractivity contribution in [2.24, 2.45) is 11.8 Å². The van der Waals surface area contributed by atoms with Gasteiger partial charge in [-0.05, 0) is 37.7 Å². The SMILES string of the molecule is Cc1nc(-c2cncnc2)c2c(n1)[C@@]1(c3ccccc3)C/C(=C/O)C(=O)[C@@H](C)[C@@H]1CC2. The number of carbonyl (C=O) groups is 1. The number of aryl methyl sites for hydroxylation is 1. The second kappa shape index (κ2) is 7.38. The Morgan fingerprint density at radius 3 is 2.58 bits per heavy atom. The molecular formula is C25H24N4O2. The summed E-state index contributed by atoms with van der Waals surface area (Å²) in [5.74, 6) is 0.588. The lowest BCUT2D eigenvalue weighted by Crippen LogP contribution is -2.51. The molecule has 2 heterocycles. The van der Waals surface area contributed by atoms with E-state index in [1.165, 1.54) is 6.33 Å². The van der Waals surface area contributed by atoms with E-state index in [4.69, 9.17) is 9.97 Å². The largest absolute Gasteiger partial charge is 0.515 e. The van der Waals surface area contributed by atoms with Crippen molar-refractivity contribution in [3.05, 3.63) is 83.5 Å². The van der Waals surface area contributed by atoms with Gasteiger partial charge in [-0.1, -0.05) is 37.3 Å². The topological polar surface area (TPSA) is 88.9 Å². The maximum atomic E-state index is 13.0. The molecule has 6 nitrogen and oxygen atoms in total. The quantitative estimate of drug-likeness (QED) is 0.503. The zero-order valence-electron chi connectivity index (χ0n) is 17.6. The summed E-state index contributed by atoms with van der Waals surface area (Å²) in [6.45, 7) is 3.88. The van der Waals surface area contributed by atoms with E-state index in [0.29, 0.717) is 17.8 Å². The molecule has 0 unspecified atom stereocenters. The highest BCUT2D eigenvalue weighted by molar-refractivity contribution is 5.98. The summed E-state index contributed by atoms with van der Waals surface area (Å²) in [6, 6.07) is 10.3. The molecule has 1 N–H and O–H groups in total. The van der Waals surface area contributed by atoms with Crippen LogP contribution in [-0.4, -0.2) is 30.8 Å². The fourth-order valence-electron chi connectivity index (χ4n) is 5.64. The van der Waals surface area contributed by atoms with E-state index in [2.05, 4.69) is 22.1 Å². The first-order chi connectivity index (χ1) is 15.1. The fraction of sp³-hybridized carbons (Fsp3) is 0.320. The van der Waals surface area contributed by atoms with Crippen LogP contribution in [0, 0.1) is 18.8 Å². The van der Waals surface area contributed by atoms with Crippen LogP contribution in [0.4, 0.5) is 0 Å². The van der Waals surface area contributed by atoms with Crippen molar-refractivity contribution in [3.63, 3.8) is 0 Å². The number of nitrogens with zero attached hydrogens (tertiary/aromatic N) is 4. The minimum Gasteiger partial charge on any atom is -0.515 e. The van der Waals surface area contributed by atoms with Crippen LogP contribution in [0.25, 0.3) is 11.3 Å². The monoisotopic (exact) mass is 412 g/mol. The van der Waals surface area contributed by atoms with Gasteiger partial charge in [0.2, 0.25) is 0 Å². The minimum atomic E-state index is -0.505. The number of ketones is 1. The molecular weight excluding hydrogens is 388 g/mol. The smallest absolute Gasteiger partial charge is 0.165 e. The zero-order valence-corrected chi connectivity index (χ0v) is 17.6. The molecule has 6 heteroatoms. The molecule has 0 saturated heterocycles. The number of Topliss-reactive ketones (excluding diaryl/α,β-unsaturated/α-hetero) is 1. The fourth-order valence-corrected chi connectivity index (χ4v) is 5.64. The molecule has 2 aliphatic carbocycles. The molecule has 0 spiro atoms. The van der Waals surface area contributed by atoms with Gasteiger partial charge >= 0.3 is 0 Å². The van der Waals surface area contributed by atoms with Gasteiger partial charge < -0.3 is 5.11 Å². The van der Waals surface area contributed by atoms with E-state index in [1.807, 2.05) is 32.0 Å². The van der Waals surface area contributed by atoms with Gasteiger partial charge in [0.05, 0.1) is 17.6 Å². The number of hydrogen-bond acceptors (Lipinski definition) is 6. The van der Waals surface area contributed by atoms with Gasteiger partial charge in [-0.3, -0.25) is 4.79 Å². The van der Waals surface area contributed by atoms with Crippen molar-refractivity contribution in [3.8, 4) is 11.3 Å². The van der Waals surface area contributed by atoms with Crippen molar-refractivity contribution < 1.29 is 9.90 Å². The summed E-state index contributed by atoms with van der Waals surface area (Å²) in [4.78, 5) is 31.1. The Hall–Kier alpha value is -3.41. The second-order valence-electron chi connectivity index (χ2n) is 8.54. The van der Waals surface area contributed by atoms with E-state index >= 15 is 0 Å². The second-order valence-corrected chi connectivity index (χ2v) is 8.54. The summed E-state index contributed by atoms with van der Waals surface area (Å²) in [5, 5.41) is 9.93. The number of hydrogen-bond donors (Lipinski definition) is 1. The van der Waals surface area contributed by atoms with Gasteiger partial charge in [0, 0.05) is 40.4 Å². The van der Waals surface area contributed by atoms with Crippen molar-refractivity contribution in [2.45, 2.75) is 38.5 Å². The highest BCUT2D eigenvalue weighted by atomic mass is 16.2. The van der Waals surface area contributed by atoms with Gasteiger partial charge in [0.25, 0.3) is 0 Å². The van der Waals surface area contributed by atoms with Crippen LogP contribution in [0.3, 0.4) is 0 Å². The molecule has 1 fully saturated rings. The number of allylic oxidation sites excluding steroid dienone is 1. The molecule has 1 saturated carbocycles. The van der Waals surface area contributed by atoms with Crippen LogP contribution in [0.5, 0.6) is 0 Å². The molecule has 3 aromatic rings. The third-order valence-electron chi connectivity index (χ3n) is 6.96. The van der Waals surface area contributed by atoms with Crippen molar-refractivity contribution in [1.82, 2.24) is 19.9 Å².